The van der Waals surface area contributed by atoms with E-state index in [1.165, 1.54) is 12.1 Å². The fraction of sp³-hybridized carbons (Fsp3) is 0.188. The number of fused-ring (bicyclic) bond motifs is 1. The third-order valence-corrected chi connectivity index (χ3v) is 3.83. The smallest absolute Gasteiger partial charge is 0.256 e. The van der Waals surface area contributed by atoms with Crippen LogP contribution in [0.25, 0.3) is 0 Å². The zero-order valence-corrected chi connectivity index (χ0v) is 11.3. The molecule has 0 aromatic heterocycles. The molecule has 0 fully saturated rings. The molecule has 20 heavy (non-hydrogen) atoms. The van der Waals surface area contributed by atoms with Crippen LogP contribution >= 0.6 is 0 Å². The number of methoxy groups -OCH3 is 1. The van der Waals surface area contributed by atoms with Crippen LogP contribution in [0.5, 0.6) is 0 Å². The van der Waals surface area contributed by atoms with Gasteiger partial charge in [0.05, 0.1) is 0 Å². The molecule has 102 valence electrons. The molecule has 0 radical (unpaired) electrons. The summed E-state index contributed by atoms with van der Waals surface area (Å²) in [5.74, 6) is -0.424. The third-order valence-electron chi connectivity index (χ3n) is 3.83. The van der Waals surface area contributed by atoms with Crippen molar-refractivity contribution in [2.24, 2.45) is 0 Å². The molecule has 3 nitrogen and oxygen atoms in total. The molecule has 2 aromatic rings. The van der Waals surface area contributed by atoms with Gasteiger partial charge in [-0.1, -0.05) is 30.3 Å². The summed E-state index contributed by atoms with van der Waals surface area (Å²) in [6, 6.07) is 13.4. The highest BCUT2D eigenvalue weighted by atomic mass is 19.1. The second-order valence-corrected chi connectivity index (χ2v) is 4.76. The predicted molar refractivity (Wildman–Crippen MR) is 72.7 cm³/mol. The number of ether oxygens (including phenoxy) is 1. The fourth-order valence-electron chi connectivity index (χ4n) is 2.86. The zero-order chi connectivity index (χ0) is 14.3. The number of hydrogen-bond donors (Lipinski definition) is 0. The molecule has 0 saturated heterocycles. The van der Waals surface area contributed by atoms with E-state index in [0.29, 0.717) is 5.56 Å². The van der Waals surface area contributed by atoms with Gasteiger partial charge in [0, 0.05) is 30.8 Å². The number of rotatable bonds is 2. The lowest BCUT2D eigenvalue weighted by molar-refractivity contribution is -0.0716. The molecule has 1 amide bonds. The highest BCUT2D eigenvalue weighted by Crippen LogP contribution is 2.43. The summed E-state index contributed by atoms with van der Waals surface area (Å²) >= 11 is 0. The first kappa shape index (κ1) is 12.8. The average Bonchev–Trinajstić information content (AvgIpc) is 2.70. The van der Waals surface area contributed by atoms with Crippen molar-refractivity contribution >= 4 is 5.91 Å². The molecule has 3 rings (SSSR count). The van der Waals surface area contributed by atoms with Crippen molar-refractivity contribution in [2.75, 3.05) is 14.2 Å². The van der Waals surface area contributed by atoms with E-state index in [0.717, 1.165) is 11.1 Å². The highest BCUT2D eigenvalue weighted by Gasteiger charge is 2.49. The molecular formula is C16H14FNO2. The third kappa shape index (κ3) is 1.51. The molecule has 1 unspecified atom stereocenters. The SMILES string of the molecule is COC1(c2ccc(F)cc2)c2ccccc2C(=O)N1C. The van der Waals surface area contributed by atoms with Crippen LogP contribution in [0.1, 0.15) is 21.5 Å². The van der Waals surface area contributed by atoms with Gasteiger partial charge >= 0.3 is 0 Å². The minimum absolute atomic E-state index is 0.105. The Bertz CT molecular complexity index is 668. The first-order valence-corrected chi connectivity index (χ1v) is 6.30. The Balaban J connectivity index is 2.27. The first-order chi connectivity index (χ1) is 9.61. The summed E-state index contributed by atoms with van der Waals surface area (Å²) in [6.07, 6.45) is 0. The Labute approximate surface area is 116 Å². The maximum atomic E-state index is 13.2. The molecule has 1 atom stereocenters. The zero-order valence-electron chi connectivity index (χ0n) is 11.3. The number of benzene rings is 2. The van der Waals surface area contributed by atoms with Crippen molar-refractivity contribution in [3.8, 4) is 0 Å². The van der Waals surface area contributed by atoms with Gasteiger partial charge < -0.3 is 9.64 Å². The van der Waals surface area contributed by atoms with Gasteiger partial charge in [0.15, 0.2) is 5.72 Å². The van der Waals surface area contributed by atoms with E-state index in [1.54, 1.807) is 37.3 Å². The normalized spacial score (nSPS) is 21.1. The Morgan fingerprint density at radius 2 is 1.75 bits per heavy atom. The maximum absolute atomic E-state index is 13.2. The highest BCUT2D eigenvalue weighted by molar-refractivity contribution is 6.00. The van der Waals surface area contributed by atoms with Gasteiger partial charge in [0.1, 0.15) is 5.82 Å². The second kappa shape index (κ2) is 4.42. The van der Waals surface area contributed by atoms with Crippen LogP contribution in [0.3, 0.4) is 0 Å². The van der Waals surface area contributed by atoms with Gasteiger partial charge in [-0.05, 0) is 18.2 Å². The van der Waals surface area contributed by atoms with Crippen molar-refractivity contribution in [1.29, 1.82) is 0 Å². The van der Waals surface area contributed by atoms with Crippen LogP contribution in [-0.4, -0.2) is 25.0 Å². The van der Waals surface area contributed by atoms with E-state index < -0.39 is 5.72 Å². The topological polar surface area (TPSA) is 29.5 Å². The van der Waals surface area contributed by atoms with Crippen LogP contribution < -0.4 is 0 Å². The number of hydrogen-bond acceptors (Lipinski definition) is 2. The molecule has 0 spiro atoms. The van der Waals surface area contributed by atoms with Gasteiger partial charge in [-0.25, -0.2) is 4.39 Å². The van der Waals surface area contributed by atoms with Gasteiger partial charge in [-0.3, -0.25) is 4.79 Å². The molecule has 1 heterocycles. The Morgan fingerprint density at radius 1 is 1.10 bits per heavy atom. The standard InChI is InChI=1S/C16H14FNO2/c1-18-15(19)13-5-3-4-6-14(13)16(18,20-2)11-7-9-12(17)10-8-11/h3-10H,1-2H3. The van der Waals surface area contributed by atoms with Crippen LogP contribution in [0.15, 0.2) is 48.5 Å². The Morgan fingerprint density at radius 3 is 2.40 bits per heavy atom. The number of halogens is 1. The summed E-state index contributed by atoms with van der Waals surface area (Å²) in [5.41, 5.74) is 1.12. The average molecular weight is 271 g/mol. The lowest BCUT2D eigenvalue weighted by atomic mass is 9.93. The minimum Gasteiger partial charge on any atom is -0.350 e. The van der Waals surface area contributed by atoms with Gasteiger partial charge in [0.25, 0.3) is 5.91 Å². The second-order valence-electron chi connectivity index (χ2n) is 4.76. The summed E-state index contributed by atoms with van der Waals surface area (Å²) in [4.78, 5) is 13.9. The van der Waals surface area contributed by atoms with E-state index in [2.05, 4.69) is 0 Å². The van der Waals surface area contributed by atoms with Gasteiger partial charge in [-0.15, -0.1) is 0 Å². The summed E-state index contributed by atoms with van der Waals surface area (Å²) in [5, 5.41) is 0. The fourth-order valence-corrected chi connectivity index (χ4v) is 2.86. The number of amides is 1. The predicted octanol–water partition coefficient (Wildman–Crippen LogP) is 2.76. The van der Waals surface area contributed by atoms with Crippen molar-refractivity contribution in [3.05, 3.63) is 71.0 Å². The Kier molecular flexibility index (Phi) is 2.83. The summed E-state index contributed by atoms with van der Waals surface area (Å²) in [7, 11) is 3.24. The van der Waals surface area contributed by atoms with E-state index in [4.69, 9.17) is 4.74 Å². The van der Waals surface area contributed by atoms with Crippen LogP contribution in [0.4, 0.5) is 4.39 Å². The maximum Gasteiger partial charge on any atom is 0.256 e. The van der Waals surface area contributed by atoms with E-state index >= 15 is 0 Å². The molecule has 0 bridgehead atoms. The first-order valence-electron chi connectivity index (χ1n) is 6.30. The number of carbonyl (C=O) groups excluding carboxylic acids is 1. The Hall–Kier alpha value is -2.20. The molecular weight excluding hydrogens is 257 g/mol. The molecule has 0 N–H and O–H groups in total. The molecule has 0 aliphatic carbocycles. The summed E-state index contributed by atoms with van der Waals surface area (Å²) in [6.45, 7) is 0. The van der Waals surface area contributed by atoms with E-state index in [9.17, 15) is 9.18 Å². The van der Waals surface area contributed by atoms with E-state index in [1.807, 2.05) is 18.2 Å². The number of nitrogens with zero attached hydrogens (tertiary/aromatic N) is 1. The van der Waals surface area contributed by atoms with Crippen molar-refractivity contribution in [2.45, 2.75) is 5.72 Å². The molecule has 1 aliphatic heterocycles. The van der Waals surface area contributed by atoms with Crippen molar-refractivity contribution in [3.63, 3.8) is 0 Å². The monoisotopic (exact) mass is 271 g/mol. The molecule has 1 aliphatic rings. The van der Waals surface area contributed by atoms with E-state index in [-0.39, 0.29) is 11.7 Å². The van der Waals surface area contributed by atoms with Crippen LogP contribution in [-0.2, 0) is 10.5 Å². The van der Waals surface area contributed by atoms with Crippen molar-refractivity contribution < 1.29 is 13.9 Å². The quantitative estimate of drug-likeness (QED) is 0.840. The van der Waals surface area contributed by atoms with Crippen LogP contribution in [0, 0.1) is 5.82 Å². The van der Waals surface area contributed by atoms with Crippen LogP contribution in [0.2, 0.25) is 0 Å². The summed E-state index contributed by atoms with van der Waals surface area (Å²) < 4.78 is 18.9. The molecule has 4 heteroatoms. The largest absolute Gasteiger partial charge is 0.350 e. The number of carbonyl (C=O) groups is 1. The van der Waals surface area contributed by atoms with Crippen molar-refractivity contribution in [1.82, 2.24) is 4.90 Å². The lowest BCUT2D eigenvalue weighted by Gasteiger charge is -2.35. The minimum atomic E-state index is -0.999. The lowest BCUT2D eigenvalue weighted by Crippen LogP contribution is -2.43. The van der Waals surface area contributed by atoms with Gasteiger partial charge in [0.2, 0.25) is 0 Å². The molecule has 2 aromatic carbocycles. The molecule has 0 saturated carbocycles. The van der Waals surface area contributed by atoms with Gasteiger partial charge in [-0.2, -0.15) is 0 Å².